The van der Waals surface area contributed by atoms with Crippen molar-refractivity contribution in [2.24, 2.45) is 0 Å². The zero-order chi connectivity index (χ0) is 12.4. The van der Waals surface area contributed by atoms with Crippen LogP contribution < -0.4 is 0 Å². The molecular weight excluding hydrogens is 238 g/mol. The van der Waals surface area contributed by atoms with Crippen molar-refractivity contribution >= 4 is 18.1 Å². The minimum absolute atomic E-state index is 0.239. The molecule has 0 N–H and O–H groups in total. The van der Waals surface area contributed by atoms with E-state index in [0.29, 0.717) is 5.75 Å². The molecule has 0 amide bonds. The van der Waals surface area contributed by atoms with Gasteiger partial charge in [0.1, 0.15) is 0 Å². The van der Waals surface area contributed by atoms with Crippen LogP contribution in [0.15, 0.2) is 12.2 Å². The van der Waals surface area contributed by atoms with E-state index < -0.39 is 18.1 Å². The quantitative estimate of drug-likeness (QED) is 0.418. The van der Waals surface area contributed by atoms with Crippen molar-refractivity contribution in [2.45, 2.75) is 45.1 Å². The molecule has 1 rings (SSSR count). The maximum Gasteiger partial charge on any atom is 0.214 e. The summed E-state index contributed by atoms with van der Waals surface area (Å²) in [6, 6.07) is 1.10. The van der Waals surface area contributed by atoms with Gasteiger partial charge in [0, 0.05) is 20.7 Å². The standard InChI is InChI=1S/C11H23NO2SSi/c1-5-6-7-11-10-12(11)15(13,14)8-9-16(2,3)4/h5-6,11H,7-10H2,1-4H3/b6-5+. The highest BCUT2D eigenvalue weighted by atomic mass is 32.2. The van der Waals surface area contributed by atoms with Crippen LogP contribution in [0.5, 0.6) is 0 Å². The first-order valence-corrected chi connectivity index (χ1v) is 11.2. The first-order valence-electron chi connectivity index (χ1n) is 5.87. The number of rotatable bonds is 6. The summed E-state index contributed by atoms with van der Waals surface area (Å²) < 4.78 is 25.5. The lowest BCUT2D eigenvalue weighted by molar-refractivity contribution is 0.553. The summed E-state index contributed by atoms with van der Waals surface area (Å²) in [6.45, 7) is 9.32. The molecule has 0 saturated carbocycles. The van der Waals surface area contributed by atoms with E-state index in [1.165, 1.54) is 0 Å². The van der Waals surface area contributed by atoms with Crippen LogP contribution in [0.3, 0.4) is 0 Å². The van der Waals surface area contributed by atoms with Gasteiger partial charge in [0.2, 0.25) is 10.0 Å². The topological polar surface area (TPSA) is 37.1 Å². The minimum atomic E-state index is -2.97. The van der Waals surface area contributed by atoms with Crippen LogP contribution >= 0.6 is 0 Å². The van der Waals surface area contributed by atoms with Crippen LogP contribution in [0.2, 0.25) is 25.7 Å². The van der Waals surface area contributed by atoms with Crippen molar-refractivity contribution < 1.29 is 8.42 Å². The summed E-state index contributed by atoms with van der Waals surface area (Å²) in [7, 11) is -4.22. The van der Waals surface area contributed by atoms with Crippen LogP contribution in [-0.4, -0.2) is 39.1 Å². The third-order valence-corrected chi connectivity index (χ3v) is 6.77. The van der Waals surface area contributed by atoms with E-state index in [1.807, 2.05) is 19.1 Å². The Labute approximate surface area is 101 Å². The average Bonchev–Trinajstić information content (AvgIpc) is 2.90. The van der Waals surface area contributed by atoms with E-state index in [9.17, 15) is 8.42 Å². The Hall–Kier alpha value is -0.133. The summed E-state index contributed by atoms with van der Waals surface area (Å²) in [4.78, 5) is 0. The Morgan fingerprint density at radius 2 is 2.00 bits per heavy atom. The highest BCUT2D eigenvalue weighted by Crippen LogP contribution is 2.27. The summed E-state index contributed by atoms with van der Waals surface area (Å²) in [6.07, 6.45) is 4.88. The highest BCUT2D eigenvalue weighted by Gasteiger charge is 2.42. The SMILES string of the molecule is C/C=C/CC1CN1S(=O)(=O)CC[Si](C)(C)C. The van der Waals surface area contributed by atoms with Gasteiger partial charge in [0.05, 0.1) is 5.75 Å². The van der Waals surface area contributed by atoms with E-state index in [1.54, 1.807) is 4.31 Å². The molecule has 0 aromatic rings. The second kappa shape index (κ2) is 5.02. The van der Waals surface area contributed by atoms with E-state index in [0.717, 1.165) is 19.0 Å². The fraction of sp³-hybridized carbons (Fsp3) is 0.818. The second-order valence-corrected chi connectivity index (χ2v) is 13.3. The first kappa shape index (κ1) is 13.9. The van der Waals surface area contributed by atoms with Crippen LogP contribution in [0.4, 0.5) is 0 Å². The van der Waals surface area contributed by atoms with Crippen molar-refractivity contribution in [2.75, 3.05) is 12.3 Å². The van der Waals surface area contributed by atoms with Gasteiger partial charge in [-0.05, 0) is 19.4 Å². The third kappa shape index (κ3) is 4.39. The van der Waals surface area contributed by atoms with Crippen LogP contribution in [0.25, 0.3) is 0 Å². The van der Waals surface area contributed by atoms with Crippen molar-refractivity contribution in [3.8, 4) is 0 Å². The van der Waals surface area contributed by atoms with E-state index in [-0.39, 0.29) is 6.04 Å². The average molecular weight is 261 g/mol. The Balaban J connectivity index is 2.42. The Kier molecular flexibility index (Phi) is 4.37. The molecule has 1 fully saturated rings. The van der Waals surface area contributed by atoms with Gasteiger partial charge in [-0.1, -0.05) is 31.8 Å². The molecule has 0 spiro atoms. The van der Waals surface area contributed by atoms with Gasteiger partial charge in [0.25, 0.3) is 0 Å². The van der Waals surface area contributed by atoms with Crippen molar-refractivity contribution in [3.05, 3.63) is 12.2 Å². The fourth-order valence-corrected chi connectivity index (χ4v) is 6.19. The van der Waals surface area contributed by atoms with Gasteiger partial charge in [-0.3, -0.25) is 0 Å². The second-order valence-electron chi connectivity index (χ2n) is 5.65. The Morgan fingerprint density at radius 1 is 1.38 bits per heavy atom. The minimum Gasteiger partial charge on any atom is -0.212 e. The molecule has 0 aliphatic carbocycles. The van der Waals surface area contributed by atoms with Gasteiger partial charge in [0.15, 0.2) is 0 Å². The number of allylic oxidation sites excluding steroid dienone is 1. The van der Waals surface area contributed by atoms with Gasteiger partial charge in [-0.25, -0.2) is 8.42 Å². The normalized spacial score (nSPS) is 26.2. The number of hydrogen-bond donors (Lipinski definition) is 0. The predicted octanol–water partition coefficient (Wildman–Crippen LogP) is 2.30. The largest absolute Gasteiger partial charge is 0.214 e. The number of sulfonamides is 1. The lowest BCUT2D eigenvalue weighted by Gasteiger charge is -2.15. The van der Waals surface area contributed by atoms with Crippen molar-refractivity contribution in [3.63, 3.8) is 0 Å². The van der Waals surface area contributed by atoms with Crippen LogP contribution in [0.1, 0.15) is 13.3 Å². The molecule has 0 radical (unpaired) electrons. The summed E-state index contributed by atoms with van der Waals surface area (Å²) in [5, 5.41) is 0. The maximum atomic E-state index is 11.9. The summed E-state index contributed by atoms with van der Waals surface area (Å²) in [5.41, 5.74) is 0. The highest BCUT2D eigenvalue weighted by molar-refractivity contribution is 7.89. The van der Waals surface area contributed by atoms with Crippen LogP contribution in [0, 0.1) is 0 Å². The lowest BCUT2D eigenvalue weighted by Crippen LogP contribution is -2.27. The molecule has 2 unspecified atom stereocenters. The molecular formula is C11H23NO2SSi. The lowest BCUT2D eigenvalue weighted by atomic mass is 10.3. The van der Waals surface area contributed by atoms with E-state index >= 15 is 0 Å². The molecule has 0 aromatic heterocycles. The third-order valence-electron chi connectivity index (χ3n) is 2.78. The molecule has 94 valence electrons. The number of nitrogens with zero attached hydrogens (tertiary/aromatic N) is 1. The maximum absolute atomic E-state index is 11.9. The zero-order valence-electron chi connectivity index (χ0n) is 10.7. The predicted molar refractivity (Wildman–Crippen MR) is 71.9 cm³/mol. The smallest absolute Gasteiger partial charge is 0.212 e. The van der Waals surface area contributed by atoms with Gasteiger partial charge >= 0.3 is 0 Å². The van der Waals surface area contributed by atoms with Gasteiger partial charge < -0.3 is 0 Å². The monoisotopic (exact) mass is 261 g/mol. The number of hydrogen-bond acceptors (Lipinski definition) is 2. The van der Waals surface area contributed by atoms with Gasteiger partial charge in [-0.15, -0.1) is 0 Å². The molecule has 1 aliphatic heterocycles. The van der Waals surface area contributed by atoms with Crippen LogP contribution in [-0.2, 0) is 10.0 Å². The summed E-state index contributed by atoms with van der Waals surface area (Å²) >= 11 is 0. The molecule has 16 heavy (non-hydrogen) atoms. The molecule has 0 bridgehead atoms. The Bertz CT molecular complexity index is 357. The van der Waals surface area contributed by atoms with E-state index in [4.69, 9.17) is 0 Å². The zero-order valence-corrected chi connectivity index (χ0v) is 12.5. The molecule has 1 saturated heterocycles. The Morgan fingerprint density at radius 3 is 2.50 bits per heavy atom. The molecule has 2 atom stereocenters. The fourth-order valence-electron chi connectivity index (χ4n) is 1.54. The van der Waals surface area contributed by atoms with E-state index in [2.05, 4.69) is 19.6 Å². The molecule has 0 aromatic carbocycles. The first-order chi connectivity index (χ1) is 7.26. The van der Waals surface area contributed by atoms with Crippen molar-refractivity contribution in [1.29, 1.82) is 0 Å². The molecule has 5 heteroatoms. The summed E-state index contributed by atoms with van der Waals surface area (Å²) in [5.74, 6) is 0.342. The van der Waals surface area contributed by atoms with Crippen molar-refractivity contribution in [1.82, 2.24) is 4.31 Å². The molecule has 1 aliphatic rings. The molecule has 3 nitrogen and oxygen atoms in total. The van der Waals surface area contributed by atoms with Gasteiger partial charge in [-0.2, -0.15) is 4.31 Å². The molecule has 1 heterocycles.